The van der Waals surface area contributed by atoms with E-state index in [0.717, 1.165) is 56.7 Å². The first-order valence-corrected chi connectivity index (χ1v) is 13.1. The van der Waals surface area contributed by atoms with Crippen LogP contribution in [-0.2, 0) is 22.5 Å². The van der Waals surface area contributed by atoms with Crippen LogP contribution in [0.3, 0.4) is 0 Å². The summed E-state index contributed by atoms with van der Waals surface area (Å²) in [7, 11) is 2.18. The molecule has 3 saturated heterocycles. The number of hydrogen-bond acceptors (Lipinski definition) is 6. The maximum Gasteiger partial charge on any atom is 0.241 e. The Hall–Kier alpha value is -2.76. The summed E-state index contributed by atoms with van der Waals surface area (Å²) in [5.41, 5.74) is 10.2. The third-order valence-electron chi connectivity index (χ3n) is 7.98. The number of benzene rings is 2. The van der Waals surface area contributed by atoms with Crippen molar-refractivity contribution >= 4 is 5.91 Å². The average molecular weight is 488 g/mol. The van der Waals surface area contributed by atoms with Crippen molar-refractivity contribution in [2.45, 2.75) is 62.4 Å². The lowest BCUT2D eigenvalue weighted by Crippen LogP contribution is -2.60. The number of carbonyl (C=O) groups is 1. The van der Waals surface area contributed by atoms with Crippen LogP contribution in [0, 0.1) is 11.3 Å². The van der Waals surface area contributed by atoms with E-state index in [1.54, 1.807) is 0 Å². The first kappa shape index (κ1) is 24.9. The van der Waals surface area contributed by atoms with Crippen molar-refractivity contribution in [1.29, 1.82) is 5.26 Å². The first-order chi connectivity index (χ1) is 17.4. The summed E-state index contributed by atoms with van der Waals surface area (Å²) in [5, 5.41) is 12.6. The molecular weight excluding hydrogens is 450 g/mol. The molecule has 0 radical (unpaired) electrons. The van der Waals surface area contributed by atoms with Gasteiger partial charge < -0.3 is 20.7 Å². The minimum atomic E-state index is -0.945. The second-order valence-corrected chi connectivity index (χ2v) is 10.9. The zero-order valence-corrected chi connectivity index (χ0v) is 21.2. The van der Waals surface area contributed by atoms with Gasteiger partial charge in [0.05, 0.1) is 18.3 Å². The topological polar surface area (TPSA) is 94.6 Å². The second-order valence-electron chi connectivity index (χ2n) is 10.9. The molecule has 2 aromatic carbocycles. The molecule has 0 spiro atoms. The normalized spacial score (nSPS) is 27.4. The number of fused-ring (bicyclic) bond motifs is 2. The lowest BCUT2D eigenvalue weighted by Gasteiger charge is -2.36. The number of rotatable bonds is 7. The van der Waals surface area contributed by atoms with Crippen LogP contribution in [0.15, 0.2) is 48.5 Å². The Bertz CT molecular complexity index is 1070. The predicted octanol–water partition coefficient (Wildman–Crippen LogP) is 2.69. The molecular formula is C29H37N5O2. The van der Waals surface area contributed by atoms with Gasteiger partial charge in [-0.05, 0) is 42.1 Å². The zero-order valence-electron chi connectivity index (χ0n) is 21.2. The van der Waals surface area contributed by atoms with Crippen molar-refractivity contribution in [3.63, 3.8) is 0 Å². The van der Waals surface area contributed by atoms with Gasteiger partial charge in [-0.25, -0.2) is 0 Å². The number of amides is 1. The van der Waals surface area contributed by atoms with Crippen molar-refractivity contribution in [1.82, 2.24) is 15.1 Å². The maximum absolute atomic E-state index is 13.0. The molecule has 3 aliphatic heterocycles. The van der Waals surface area contributed by atoms with Crippen molar-refractivity contribution < 1.29 is 9.53 Å². The SMILES string of the molecule is CN1CCN(Cc2ccc(-c3ccc(C[C@@H](C#N)NC(=O)C4(N)CC5CCC(C4)O5)cc3)cc2)CC1. The van der Waals surface area contributed by atoms with Crippen molar-refractivity contribution in [3.05, 3.63) is 59.7 Å². The monoisotopic (exact) mass is 487 g/mol. The van der Waals surface area contributed by atoms with Gasteiger partial charge in [0.15, 0.2) is 0 Å². The van der Waals surface area contributed by atoms with E-state index in [1.165, 1.54) is 11.1 Å². The number of hydrogen-bond donors (Lipinski definition) is 2. The van der Waals surface area contributed by atoms with E-state index < -0.39 is 11.6 Å². The Labute approximate surface area is 214 Å². The molecule has 0 aliphatic carbocycles. The smallest absolute Gasteiger partial charge is 0.241 e. The molecule has 1 amide bonds. The molecule has 3 N–H and O–H groups in total. The van der Waals surface area contributed by atoms with Gasteiger partial charge in [-0.3, -0.25) is 9.69 Å². The molecule has 7 heteroatoms. The van der Waals surface area contributed by atoms with Crippen molar-refractivity contribution in [2.24, 2.45) is 5.73 Å². The summed E-state index contributed by atoms with van der Waals surface area (Å²) < 4.78 is 5.83. The summed E-state index contributed by atoms with van der Waals surface area (Å²) in [6, 6.07) is 18.7. The summed E-state index contributed by atoms with van der Waals surface area (Å²) in [5.74, 6) is -0.234. The lowest BCUT2D eigenvalue weighted by atomic mass is 9.86. The van der Waals surface area contributed by atoms with Crippen LogP contribution in [0.2, 0.25) is 0 Å². The molecule has 2 aromatic rings. The number of nitrogens with two attached hydrogens (primary N) is 1. The summed E-state index contributed by atoms with van der Waals surface area (Å²) in [4.78, 5) is 17.8. The highest BCUT2D eigenvalue weighted by atomic mass is 16.5. The van der Waals surface area contributed by atoms with Gasteiger partial charge in [-0.2, -0.15) is 5.26 Å². The second kappa shape index (κ2) is 10.7. The van der Waals surface area contributed by atoms with Crippen molar-refractivity contribution in [2.75, 3.05) is 33.2 Å². The fraction of sp³-hybridized carbons (Fsp3) is 0.517. The standard InChI is InChI=1S/C29H37N5O2/c1-33-12-14-34(15-13-33)20-22-4-8-24(9-5-22)23-6-2-21(3-7-23)16-25(19-30)32-28(35)29(31)17-26-10-11-27(18-29)36-26/h2-9,25-27H,10-18,20,31H2,1H3,(H,32,35)/t25-,26?,27?,29?/m0/s1. The van der Waals surface area contributed by atoms with Gasteiger partial charge >= 0.3 is 0 Å². The largest absolute Gasteiger partial charge is 0.375 e. The van der Waals surface area contributed by atoms with E-state index >= 15 is 0 Å². The van der Waals surface area contributed by atoms with Gasteiger partial charge in [0.2, 0.25) is 5.91 Å². The molecule has 7 nitrogen and oxygen atoms in total. The Morgan fingerprint density at radius 1 is 1.03 bits per heavy atom. The zero-order chi connectivity index (χ0) is 25.1. The number of nitrogens with one attached hydrogen (secondary N) is 1. The predicted molar refractivity (Wildman–Crippen MR) is 140 cm³/mol. The number of ether oxygens (including phenoxy) is 1. The Morgan fingerprint density at radius 2 is 1.58 bits per heavy atom. The van der Waals surface area contributed by atoms with Gasteiger partial charge in [0.25, 0.3) is 0 Å². The number of nitriles is 1. The molecule has 3 aliphatic rings. The first-order valence-electron chi connectivity index (χ1n) is 13.1. The minimum absolute atomic E-state index is 0.0634. The molecule has 0 aromatic heterocycles. The molecule has 36 heavy (non-hydrogen) atoms. The average Bonchev–Trinajstić information content (AvgIpc) is 3.24. The summed E-state index contributed by atoms with van der Waals surface area (Å²) >= 11 is 0. The number of nitrogens with zero attached hydrogens (tertiary/aromatic N) is 3. The van der Waals surface area contributed by atoms with E-state index in [-0.39, 0.29) is 18.1 Å². The lowest BCUT2D eigenvalue weighted by molar-refractivity contribution is -0.133. The van der Waals surface area contributed by atoms with Gasteiger partial charge in [0.1, 0.15) is 11.6 Å². The van der Waals surface area contributed by atoms with E-state index in [2.05, 4.69) is 64.6 Å². The van der Waals surface area contributed by atoms with Crippen LogP contribution in [-0.4, -0.2) is 72.7 Å². The molecule has 5 rings (SSSR count). The third-order valence-corrected chi connectivity index (χ3v) is 7.98. The quantitative estimate of drug-likeness (QED) is 0.624. The van der Waals surface area contributed by atoms with E-state index in [4.69, 9.17) is 10.5 Å². The van der Waals surface area contributed by atoms with Crippen LogP contribution in [0.25, 0.3) is 11.1 Å². The molecule has 3 heterocycles. The molecule has 190 valence electrons. The van der Waals surface area contributed by atoms with Crippen LogP contribution in [0.4, 0.5) is 0 Å². The molecule has 2 unspecified atom stereocenters. The number of carbonyl (C=O) groups excluding carboxylic acids is 1. The van der Waals surface area contributed by atoms with E-state index in [1.807, 2.05) is 12.1 Å². The Kier molecular flexibility index (Phi) is 7.40. The molecule has 2 bridgehead atoms. The van der Waals surface area contributed by atoms with Gasteiger partial charge in [-0.15, -0.1) is 0 Å². The Morgan fingerprint density at radius 3 is 2.14 bits per heavy atom. The third kappa shape index (κ3) is 5.79. The van der Waals surface area contributed by atoms with Crippen LogP contribution in [0.5, 0.6) is 0 Å². The van der Waals surface area contributed by atoms with Crippen LogP contribution in [0.1, 0.15) is 36.8 Å². The van der Waals surface area contributed by atoms with E-state index in [9.17, 15) is 10.1 Å². The highest BCUT2D eigenvalue weighted by molar-refractivity contribution is 5.87. The summed E-state index contributed by atoms with van der Waals surface area (Å²) in [6.45, 7) is 5.48. The summed E-state index contributed by atoms with van der Waals surface area (Å²) in [6.07, 6.45) is 3.55. The van der Waals surface area contributed by atoms with E-state index in [0.29, 0.717) is 19.3 Å². The number of likely N-dealkylation sites (N-methyl/N-ethyl adjacent to an activating group) is 1. The fourth-order valence-electron chi connectivity index (χ4n) is 5.73. The van der Waals surface area contributed by atoms with Crippen LogP contribution >= 0.6 is 0 Å². The highest BCUT2D eigenvalue weighted by Crippen LogP contribution is 2.37. The fourth-order valence-corrected chi connectivity index (χ4v) is 5.73. The minimum Gasteiger partial charge on any atom is -0.375 e. The molecule has 3 atom stereocenters. The van der Waals surface area contributed by atoms with Crippen molar-refractivity contribution in [3.8, 4) is 17.2 Å². The molecule has 3 fully saturated rings. The highest BCUT2D eigenvalue weighted by Gasteiger charge is 2.47. The van der Waals surface area contributed by atoms with Crippen LogP contribution < -0.4 is 11.1 Å². The Balaban J connectivity index is 1.16. The van der Waals surface area contributed by atoms with Gasteiger partial charge in [0, 0.05) is 52.0 Å². The maximum atomic E-state index is 13.0. The molecule has 0 saturated carbocycles. The van der Waals surface area contributed by atoms with Gasteiger partial charge in [-0.1, -0.05) is 48.5 Å². The number of piperazine rings is 1.